The topological polar surface area (TPSA) is 40.5 Å². The van der Waals surface area contributed by atoms with Gasteiger partial charge in [0.1, 0.15) is 12.2 Å². The third-order valence-electron chi connectivity index (χ3n) is 1.78. The van der Waals surface area contributed by atoms with E-state index in [0.29, 0.717) is 0 Å². The second-order valence-corrected chi connectivity index (χ2v) is 2.63. The molecule has 2 atom stereocenters. The van der Waals surface area contributed by atoms with Gasteiger partial charge in [-0.1, -0.05) is 0 Å². The number of alkyl halides is 1. The number of hydrogen-bond acceptors (Lipinski definition) is 2. The largest absolute Gasteiger partial charge is 0.480 e. The minimum atomic E-state index is -0.967. The highest BCUT2D eigenvalue weighted by molar-refractivity contribution is 5.73. The summed E-state index contributed by atoms with van der Waals surface area (Å²) in [5, 5.41) is 8.49. The van der Waals surface area contributed by atoms with Crippen molar-refractivity contribution >= 4 is 5.97 Å². The van der Waals surface area contributed by atoms with Crippen molar-refractivity contribution in [1.82, 2.24) is 4.90 Å². The van der Waals surface area contributed by atoms with Crippen LogP contribution in [0.3, 0.4) is 0 Å². The van der Waals surface area contributed by atoms with Crippen molar-refractivity contribution in [3.8, 4) is 0 Å². The number of halogens is 1. The van der Waals surface area contributed by atoms with Gasteiger partial charge in [0.15, 0.2) is 0 Å². The Hall–Kier alpha value is -0.640. The molecule has 0 saturated carbocycles. The maximum atomic E-state index is 12.5. The number of carbonyl (C=O) groups is 1. The summed E-state index contributed by atoms with van der Waals surface area (Å²) in [5.74, 6) is -0.928. The van der Waals surface area contributed by atoms with Crippen LogP contribution in [0.4, 0.5) is 4.39 Å². The van der Waals surface area contributed by atoms with Gasteiger partial charge in [-0.3, -0.25) is 9.69 Å². The van der Waals surface area contributed by atoms with E-state index in [1.807, 2.05) is 0 Å². The van der Waals surface area contributed by atoms with E-state index in [4.69, 9.17) is 5.11 Å². The Kier molecular flexibility index (Phi) is 1.89. The first-order valence-electron chi connectivity index (χ1n) is 3.18. The predicted octanol–water partition coefficient (Wildman–Crippen LogP) is 0.113. The highest BCUT2D eigenvalue weighted by Crippen LogP contribution is 2.17. The van der Waals surface area contributed by atoms with E-state index in [1.54, 1.807) is 7.05 Å². The summed E-state index contributed by atoms with van der Waals surface area (Å²) in [7, 11) is 1.62. The van der Waals surface area contributed by atoms with E-state index in [0.717, 1.165) is 0 Å². The number of likely N-dealkylation sites (N-methyl/N-ethyl adjacent to an activating group) is 1. The van der Waals surface area contributed by atoms with Gasteiger partial charge in [-0.2, -0.15) is 0 Å². The zero-order valence-corrected chi connectivity index (χ0v) is 5.75. The molecule has 0 amide bonds. The van der Waals surface area contributed by atoms with Gasteiger partial charge in [0.2, 0.25) is 0 Å². The molecular weight excluding hydrogens is 137 g/mol. The molecule has 0 radical (unpaired) electrons. The van der Waals surface area contributed by atoms with E-state index >= 15 is 0 Å². The third-order valence-corrected chi connectivity index (χ3v) is 1.78. The Morgan fingerprint density at radius 3 is 2.60 bits per heavy atom. The summed E-state index contributed by atoms with van der Waals surface area (Å²) >= 11 is 0. The lowest BCUT2D eigenvalue weighted by Gasteiger charge is -2.12. The van der Waals surface area contributed by atoms with Gasteiger partial charge < -0.3 is 5.11 Å². The number of likely N-dealkylation sites (tertiary alicyclic amines) is 1. The zero-order valence-electron chi connectivity index (χ0n) is 5.75. The van der Waals surface area contributed by atoms with Crippen molar-refractivity contribution in [2.75, 3.05) is 13.6 Å². The summed E-state index contributed by atoms with van der Waals surface area (Å²) in [6, 6.07) is -0.616. The lowest BCUT2D eigenvalue weighted by molar-refractivity contribution is -0.141. The summed E-state index contributed by atoms with van der Waals surface area (Å²) in [4.78, 5) is 11.9. The molecule has 1 heterocycles. The van der Waals surface area contributed by atoms with Crippen LogP contribution in [0.2, 0.25) is 0 Å². The normalized spacial score (nSPS) is 34.6. The molecule has 58 valence electrons. The molecule has 0 aromatic heterocycles. The molecule has 0 spiro atoms. The van der Waals surface area contributed by atoms with Gasteiger partial charge in [-0.25, -0.2) is 4.39 Å². The van der Waals surface area contributed by atoms with E-state index in [-0.39, 0.29) is 13.0 Å². The van der Waals surface area contributed by atoms with Crippen molar-refractivity contribution in [1.29, 1.82) is 0 Å². The van der Waals surface area contributed by atoms with E-state index in [2.05, 4.69) is 0 Å². The van der Waals surface area contributed by atoms with Crippen molar-refractivity contribution in [2.45, 2.75) is 18.6 Å². The molecule has 1 aliphatic rings. The number of carboxylic acids is 1. The molecule has 2 unspecified atom stereocenters. The number of rotatable bonds is 1. The third kappa shape index (κ3) is 1.26. The fourth-order valence-corrected chi connectivity index (χ4v) is 1.23. The molecule has 1 rings (SSSR count). The summed E-state index contributed by atoms with van der Waals surface area (Å²) in [6.07, 6.45) is -0.836. The maximum absolute atomic E-state index is 12.5. The molecule has 0 aromatic carbocycles. The minimum Gasteiger partial charge on any atom is -0.480 e. The standard InChI is InChI=1S/C6H10FNO2/c1-8-3-4(7)2-5(8)6(9)10/h4-5H,2-3H2,1H3,(H,9,10). The van der Waals surface area contributed by atoms with Crippen LogP contribution in [0.5, 0.6) is 0 Å². The van der Waals surface area contributed by atoms with Crippen molar-refractivity contribution in [3.63, 3.8) is 0 Å². The Balaban J connectivity index is 2.54. The molecular formula is C6H10FNO2. The molecule has 0 bridgehead atoms. The van der Waals surface area contributed by atoms with Gasteiger partial charge in [0, 0.05) is 13.0 Å². The Labute approximate surface area is 58.4 Å². The molecule has 4 heteroatoms. The van der Waals surface area contributed by atoms with Gasteiger partial charge in [0.25, 0.3) is 0 Å². The maximum Gasteiger partial charge on any atom is 0.321 e. The fourth-order valence-electron chi connectivity index (χ4n) is 1.23. The molecule has 10 heavy (non-hydrogen) atoms. The SMILES string of the molecule is CN1CC(F)CC1C(=O)O. The highest BCUT2D eigenvalue weighted by atomic mass is 19.1. The van der Waals surface area contributed by atoms with Gasteiger partial charge in [-0.15, -0.1) is 0 Å². The Bertz CT molecular complexity index is 151. The van der Waals surface area contributed by atoms with Crippen LogP contribution in [-0.4, -0.2) is 41.8 Å². The first-order chi connectivity index (χ1) is 4.61. The molecule has 1 aliphatic heterocycles. The van der Waals surface area contributed by atoms with Crippen molar-refractivity contribution in [3.05, 3.63) is 0 Å². The lowest BCUT2D eigenvalue weighted by Crippen LogP contribution is -2.32. The van der Waals surface area contributed by atoms with Gasteiger partial charge in [0.05, 0.1) is 0 Å². The van der Waals surface area contributed by atoms with Crippen LogP contribution < -0.4 is 0 Å². The van der Waals surface area contributed by atoms with Crippen molar-refractivity contribution < 1.29 is 14.3 Å². The summed E-state index contributed by atoms with van der Waals surface area (Å²) in [6.45, 7) is 0.247. The van der Waals surface area contributed by atoms with Gasteiger partial charge >= 0.3 is 5.97 Å². The van der Waals surface area contributed by atoms with Crippen LogP contribution in [-0.2, 0) is 4.79 Å². The number of nitrogens with zero attached hydrogens (tertiary/aromatic N) is 1. The summed E-state index contributed by atoms with van der Waals surface area (Å²) < 4.78 is 12.5. The van der Waals surface area contributed by atoms with Crippen LogP contribution in [0.25, 0.3) is 0 Å². The second kappa shape index (κ2) is 2.54. The van der Waals surface area contributed by atoms with Crippen LogP contribution >= 0.6 is 0 Å². The molecule has 0 aliphatic carbocycles. The Morgan fingerprint density at radius 1 is 1.80 bits per heavy atom. The minimum absolute atomic E-state index is 0.131. The highest BCUT2D eigenvalue weighted by Gasteiger charge is 2.34. The quantitative estimate of drug-likeness (QED) is 0.572. The average molecular weight is 147 g/mol. The van der Waals surface area contributed by atoms with E-state index < -0.39 is 18.2 Å². The van der Waals surface area contributed by atoms with Crippen molar-refractivity contribution in [2.24, 2.45) is 0 Å². The smallest absolute Gasteiger partial charge is 0.321 e. The predicted molar refractivity (Wildman–Crippen MR) is 33.6 cm³/mol. The molecule has 1 N–H and O–H groups in total. The number of hydrogen-bond donors (Lipinski definition) is 1. The van der Waals surface area contributed by atoms with E-state index in [1.165, 1.54) is 4.90 Å². The molecule has 1 fully saturated rings. The average Bonchev–Trinajstić information content (AvgIpc) is 2.10. The number of aliphatic carboxylic acids is 1. The summed E-state index contributed by atoms with van der Waals surface area (Å²) in [5.41, 5.74) is 0. The molecule has 1 saturated heterocycles. The van der Waals surface area contributed by atoms with Crippen LogP contribution in [0, 0.1) is 0 Å². The van der Waals surface area contributed by atoms with E-state index in [9.17, 15) is 9.18 Å². The lowest BCUT2D eigenvalue weighted by atomic mass is 10.2. The first kappa shape index (κ1) is 7.47. The second-order valence-electron chi connectivity index (χ2n) is 2.63. The first-order valence-corrected chi connectivity index (χ1v) is 3.18. The Morgan fingerprint density at radius 2 is 2.40 bits per heavy atom. The number of carboxylic acid groups (broad SMARTS) is 1. The molecule has 0 aromatic rings. The molecule has 3 nitrogen and oxygen atoms in total. The monoisotopic (exact) mass is 147 g/mol. The van der Waals surface area contributed by atoms with Gasteiger partial charge in [-0.05, 0) is 7.05 Å². The van der Waals surface area contributed by atoms with Crippen LogP contribution in [0.1, 0.15) is 6.42 Å². The van der Waals surface area contributed by atoms with Crippen LogP contribution in [0.15, 0.2) is 0 Å². The zero-order chi connectivity index (χ0) is 7.72. The fraction of sp³-hybridized carbons (Fsp3) is 0.833.